The van der Waals surface area contributed by atoms with Crippen LogP contribution in [0.4, 0.5) is 0 Å². The van der Waals surface area contributed by atoms with Crippen LogP contribution < -0.4 is 11.3 Å². The summed E-state index contributed by atoms with van der Waals surface area (Å²) in [5, 5.41) is 0. The first-order chi connectivity index (χ1) is 10.0. The predicted octanol–water partition coefficient (Wildman–Crippen LogP) is 3.27. The summed E-state index contributed by atoms with van der Waals surface area (Å²) in [4.78, 5) is 0. The van der Waals surface area contributed by atoms with Gasteiger partial charge in [0.15, 0.2) is 0 Å². The second kappa shape index (κ2) is 6.91. The van der Waals surface area contributed by atoms with Crippen LogP contribution in [0.2, 0.25) is 0 Å². The molecular formula is C18H30N2O. The number of nitrogens with one attached hydrogen (secondary N) is 1. The van der Waals surface area contributed by atoms with Crippen molar-refractivity contribution in [2.45, 2.75) is 64.5 Å². The van der Waals surface area contributed by atoms with Crippen molar-refractivity contribution in [3.05, 3.63) is 34.9 Å². The summed E-state index contributed by atoms with van der Waals surface area (Å²) in [5.74, 6) is 6.60. The number of ether oxygens (including phenoxy) is 1. The van der Waals surface area contributed by atoms with Crippen molar-refractivity contribution >= 4 is 0 Å². The molecule has 118 valence electrons. The number of nitrogens with two attached hydrogens (primary N) is 1. The quantitative estimate of drug-likeness (QED) is 0.646. The van der Waals surface area contributed by atoms with Gasteiger partial charge in [0.05, 0.1) is 11.6 Å². The van der Waals surface area contributed by atoms with Gasteiger partial charge in [-0.3, -0.25) is 11.3 Å². The Bertz CT molecular complexity index is 474. The molecular weight excluding hydrogens is 260 g/mol. The van der Waals surface area contributed by atoms with Gasteiger partial charge >= 0.3 is 0 Å². The Morgan fingerprint density at radius 2 is 2.14 bits per heavy atom. The standard InChI is InChI=1S/C18H30N2O/c1-13-6-5-9-18(12-13,21-4)17(20-19)11-16-8-7-14(2)15(3)10-16/h7-8,10,13,17,20H,5-6,9,11-12,19H2,1-4H3. The fourth-order valence-corrected chi connectivity index (χ4v) is 3.75. The highest BCUT2D eigenvalue weighted by atomic mass is 16.5. The van der Waals surface area contributed by atoms with Crippen molar-refractivity contribution in [2.75, 3.05) is 7.11 Å². The zero-order valence-electron chi connectivity index (χ0n) is 13.9. The molecule has 0 aliphatic heterocycles. The van der Waals surface area contributed by atoms with Crippen molar-refractivity contribution in [1.29, 1.82) is 0 Å². The predicted molar refractivity (Wildman–Crippen MR) is 88.1 cm³/mol. The Hall–Kier alpha value is -0.900. The van der Waals surface area contributed by atoms with Crippen LogP contribution in [0.3, 0.4) is 0 Å². The molecule has 3 nitrogen and oxygen atoms in total. The third-order valence-corrected chi connectivity index (χ3v) is 5.24. The Morgan fingerprint density at radius 3 is 2.71 bits per heavy atom. The van der Waals surface area contributed by atoms with E-state index in [0.29, 0.717) is 5.92 Å². The maximum absolute atomic E-state index is 5.99. The van der Waals surface area contributed by atoms with Crippen molar-refractivity contribution in [1.82, 2.24) is 5.43 Å². The average molecular weight is 290 g/mol. The van der Waals surface area contributed by atoms with Gasteiger partial charge in [0.1, 0.15) is 0 Å². The van der Waals surface area contributed by atoms with E-state index in [1.165, 1.54) is 29.5 Å². The zero-order chi connectivity index (χ0) is 15.5. The third kappa shape index (κ3) is 3.65. The summed E-state index contributed by atoms with van der Waals surface area (Å²) < 4.78 is 5.99. The number of hydrogen-bond acceptors (Lipinski definition) is 3. The Kier molecular flexibility index (Phi) is 5.42. The first kappa shape index (κ1) is 16.5. The number of rotatable bonds is 5. The highest BCUT2D eigenvalue weighted by Crippen LogP contribution is 2.38. The van der Waals surface area contributed by atoms with Crippen molar-refractivity contribution in [2.24, 2.45) is 11.8 Å². The molecule has 0 bridgehead atoms. The molecule has 0 radical (unpaired) electrons. The van der Waals surface area contributed by atoms with Gasteiger partial charge in [-0.15, -0.1) is 0 Å². The first-order valence-corrected chi connectivity index (χ1v) is 8.08. The lowest BCUT2D eigenvalue weighted by Crippen LogP contribution is -2.57. The minimum Gasteiger partial charge on any atom is -0.377 e. The number of benzene rings is 1. The van der Waals surface area contributed by atoms with E-state index in [9.17, 15) is 0 Å². The van der Waals surface area contributed by atoms with Gasteiger partial charge in [0.25, 0.3) is 0 Å². The number of hydrogen-bond donors (Lipinski definition) is 2. The second-order valence-electron chi connectivity index (χ2n) is 6.81. The molecule has 1 aliphatic rings. The van der Waals surface area contributed by atoms with Crippen LogP contribution in [0.5, 0.6) is 0 Å². The second-order valence-corrected chi connectivity index (χ2v) is 6.81. The lowest BCUT2D eigenvalue weighted by Gasteiger charge is -2.44. The van der Waals surface area contributed by atoms with Crippen LogP contribution in [0.15, 0.2) is 18.2 Å². The molecule has 1 aliphatic carbocycles. The Balaban J connectivity index is 2.19. The van der Waals surface area contributed by atoms with E-state index in [0.717, 1.165) is 19.3 Å². The molecule has 3 unspecified atom stereocenters. The summed E-state index contributed by atoms with van der Waals surface area (Å²) >= 11 is 0. The number of methoxy groups -OCH3 is 1. The van der Waals surface area contributed by atoms with E-state index in [1.54, 1.807) is 0 Å². The number of aryl methyl sites for hydroxylation is 2. The van der Waals surface area contributed by atoms with Crippen LogP contribution >= 0.6 is 0 Å². The summed E-state index contributed by atoms with van der Waals surface area (Å²) in [6.45, 7) is 6.63. The highest BCUT2D eigenvalue weighted by molar-refractivity contribution is 5.30. The molecule has 0 spiro atoms. The fraction of sp³-hybridized carbons (Fsp3) is 0.667. The fourth-order valence-electron chi connectivity index (χ4n) is 3.75. The molecule has 0 heterocycles. The first-order valence-electron chi connectivity index (χ1n) is 8.08. The third-order valence-electron chi connectivity index (χ3n) is 5.24. The number of hydrazine groups is 1. The van der Waals surface area contributed by atoms with Crippen LogP contribution in [0, 0.1) is 19.8 Å². The van der Waals surface area contributed by atoms with E-state index in [4.69, 9.17) is 10.6 Å². The highest BCUT2D eigenvalue weighted by Gasteiger charge is 2.41. The molecule has 3 heteroatoms. The van der Waals surface area contributed by atoms with Crippen LogP contribution in [-0.4, -0.2) is 18.8 Å². The maximum atomic E-state index is 5.99. The molecule has 0 aromatic heterocycles. The van der Waals surface area contributed by atoms with Crippen molar-refractivity contribution < 1.29 is 4.74 Å². The van der Waals surface area contributed by atoms with E-state index in [1.807, 2.05) is 7.11 Å². The van der Waals surface area contributed by atoms with Gasteiger partial charge < -0.3 is 4.74 Å². The molecule has 1 fully saturated rings. The average Bonchev–Trinajstić information content (AvgIpc) is 2.48. The minimum absolute atomic E-state index is 0.134. The smallest absolute Gasteiger partial charge is 0.0850 e. The van der Waals surface area contributed by atoms with E-state index >= 15 is 0 Å². The summed E-state index contributed by atoms with van der Waals surface area (Å²) in [7, 11) is 1.84. The molecule has 0 saturated heterocycles. The van der Waals surface area contributed by atoms with Crippen LogP contribution in [0.25, 0.3) is 0 Å². The van der Waals surface area contributed by atoms with Crippen LogP contribution in [-0.2, 0) is 11.2 Å². The minimum atomic E-state index is -0.134. The Morgan fingerprint density at radius 1 is 1.38 bits per heavy atom. The molecule has 1 aromatic carbocycles. The summed E-state index contributed by atoms with van der Waals surface area (Å²) in [5.41, 5.74) is 6.91. The van der Waals surface area contributed by atoms with Gasteiger partial charge in [0.2, 0.25) is 0 Å². The molecule has 3 N–H and O–H groups in total. The normalized spacial score (nSPS) is 27.6. The SMILES string of the molecule is COC1(C(Cc2ccc(C)c(C)c2)NN)CCCC(C)C1. The summed E-state index contributed by atoms with van der Waals surface area (Å²) in [6.07, 6.45) is 5.61. The lowest BCUT2D eigenvalue weighted by atomic mass is 9.73. The van der Waals surface area contributed by atoms with Gasteiger partial charge in [-0.1, -0.05) is 38.0 Å². The monoisotopic (exact) mass is 290 g/mol. The topological polar surface area (TPSA) is 47.3 Å². The molecule has 0 amide bonds. The summed E-state index contributed by atoms with van der Waals surface area (Å²) in [6, 6.07) is 6.84. The molecule has 1 aromatic rings. The van der Waals surface area contributed by atoms with Crippen LogP contribution in [0.1, 0.15) is 49.3 Å². The van der Waals surface area contributed by atoms with E-state index in [2.05, 4.69) is 44.4 Å². The Labute approximate surface area is 129 Å². The lowest BCUT2D eigenvalue weighted by molar-refractivity contribution is -0.0791. The van der Waals surface area contributed by atoms with Gasteiger partial charge in [0, 0.05) is 7.11 Å². The molecule has 2 rings (SSSR count). The van der Waals surface area contributed by atoms with E-state index in [-0.39, 0.29) is 11.6 Å². The molecule has 21 heavy (non-hydrogen) atoms. The molecule has 3 atom stereocenters. The zero-order valence-corrected chi connectivity index (χ0v) is 13.9. The maximum Gasteiger partial charge on any atom is 0.0850 e. The van der Waals surface area contributed by atoms with Gasteiger partial charge in [-0.2, -0.15) is 0 Å². The van der Waals surface area contributed by atoms with Gasteiger partial charge in [-0.05, 0) is 55.7 Å². The van der Waals surface area contributed by atoms with Gasteiger partial charge in [-0.25, -0.2) is 0 Å². The largest absolute Gasteiger partial charge is 0.377 e. The molecule has 1 saturated carbocycles. The van der Waals surface area contributed by atoms with Crippen molar-refractivity contribution in [3.63, 3.8) is 0 Å². The van der Waals surface area contributed by atoms with Crippen molar-refractivity contribution in [3.8, 4) is 0 Å². The van der Waals surface area contributed by atoms with E-state index < -0.39 is 0 Å².